The van der Waals surface area contributed by atoms with Gasteiger partial charge in [-0.05, 0) is 56.2 Å². The van der Waals surface area contributed by atoms with Gasteiger partial charge in [-0.25, -0.2) is 9.78 Å². The first-order valence-corrected chi connectivity index (χ1v) is 11.2. The molecule has 1 aliphatic rings. The molecule has 0 radical (unpaired) electrons. The van der Waals surface area contributed by atoms with Gasteiger partial charge in [0.15, 0.2) is 0 Å². The maximum Gasteiger partial charge on any atom is 0.323 e. The van der Waals surface area contributed by atoms with E-state index in [-0.39, 0.29) is 11.9 Å². The minimum Gasteiger partial charge on any atom is -0.355 e. The van der Waals surface area contributed by atoms with Crippen LogP contribution in [0.4, 0.5) is 22.0 Å². The molecule has 0 atom stereocenters. The van der Waals surface area contributed by atoms with E-state index < -0.39 is 0 Å². The van der Waals surface area contributed by atoms with Crippen LogP contribution < -0.4 is 15.5 Å². The van der Waals surface area contributed by atoms with Crippen molar-refractivity contribution in [2.75, 3.05) is 41.7 Å². The molecular weight excluding hydrogens is 414 g/mol. The highest BCUT2D eigenvalue weighted by Gasteiger charge is 2.21. The molecule has 1 saturated heterocycles. The quantitative estimate of drug-likeness (QED) is 0.613. The third-order valence-corrected chi connectivity index (χ3v) is 5.80. The number of nitrogens with one attached hydrogen (secondary N) is 2. The van der Waals surface area contributed by atoms with Gasteiger partial charge >= 0.3 is 6.03 Å². The fourth-order valence-electron chi connectivity index (χ4n) is 3.87. The Hall–Kier alpha value is -3.87. The summed E-state index contributed by atoms with van der Waals surface area (Å²) in [6, 6.07) is 18.8. The van der Waals surface area contributed by atoms with Crippen molar-refractivity contribution in [1.29, 1.82) is 0 Å². The Labute approximate surface area is 194 Å². The fourth-order valence-corrected chi connectivity index (χ4v) is 3.87. The molecule has 0 bridgehead atoms. The lowest BCUT2D eigenvalue weighted by atomic mass is 10.1. The number of urea groups is 1. The zero-order chi connectivity index (χ0) is 23.2. The van der Waals surface area contributed by atoms with Gasteiger partial charge in [0.2, 0.25) is 0 Å². The van der Waals surface area contributed by atoms with Gasteiger partial charge in [-0.2, -0.15) is 0 Å². The lowest BCUT2D eigenvalue weighted by molar-refractivity contribution is 0.0767. The molecule has 2 N–H and O–H groups in total. The summed E-state index contributed by atoms with van der Waals surface area (Å²) in [7, 11) is 0. The van der Waals surface area contributed by atoms with Gasteiger partial charge in [0.25, 0.3) is 5.91 Å². The number of carbonyl (C=O) groups excluding carboxylic acids is 2. The standard InChI is InChI=1S/C26H29N5O2/c1-19-8-10-21(11-9-19)25(32)31-15-5-14-30(16-17-31)24-13-12-22(18-27-24)28-26(33)29-23-7-4-3-6-20(23)2/h3-4,6-13,18H,5,14-17H2,1-2H3,(H2,28,29,33). The van der Waals surface area contributed by atoms with Gasteiger partial charge in [-0.15, -0.1) is 0 Å². The number of benzene rings is 2. The van der Waals surface area contributed by atoms with E-state index in [2.05, 4.69) is 20.5 Å². The van der Waals surface area contributed by atoms with Gasteiger partial charge in [-0.1, -0.05) is 35.9 Å². The van der Waals surface area contributed by atoms with E-state index in [1.54, 1.807) is 6.20 Å². The fraction of sp³-hybridized carbons (Fsp3) is 0.269. The van der Waals surface area contributed by atoms with Crippen LogP contribution in [-0.4, -0.2) is 48.0 Å². The minimum absolute atomic E-state index is 0.0732. The van der Waals surface area contributed by atoms with Crippen LogP contribution in [-0.2, 0) is 0 Å². The number of rotatable bonds is 4. The summed E-state index contributed by atoms with van der Waals surface area (Å²) in [6.45, 7) is 6.87. The Kier molecular flexibility index (Phi) is 6.88. The number of aromatic nitrogens is 1. The van der Waals surface area contributed by atoms with Crippen LogP contribution in [0.3, 0.4) is 0 Å². The summed E-state index contributed by atoms with van der Waals surface area (Å²) in [5.74, 6) is 0.911. The van der Waals surface area contributed by atoms with Crippen LogP contribution in [0, 0.1) is 13.8 Å². The smallest absolute Gasteiger partial charge is 0.323 e. The van der Waals surface area contributed by atoms with Gasteiger partial charge in [0, 0.05) is 37.4 Å². The van der Waals surface area contributed by atoms with E-state index in [1.165, 1.54) is 0 Å². The van der Waals surface area contributed by atoms with Crippen molar-refractivity contribution >= 4 is 29.1 Å². The van der Waals surface area contributed by atoms with Crippen molar-refractivity contribution in [3.8, 4) is 0 Å². The van der Waals surface area contributed by atoms with Crippen molar-refractivity contribution in [1.82, 2.24) is 9.88 Å². The predicted molar refractivity (Wildman–Crippen MR) is 132 cm³/mol. The second-order valence-electron chi connectivity index (χ2n) is 8.30. The van der Waals surface area contributed by atoms with Crippen molar-refractivity contribution in [2.45, 2.75) is 20.3 Å². The molecule has 33 heavy (non-hydrogen) atoms. The second-order valence-corrected chi connectivity index (χ2v) is 8.30. The highest BCUT2D eigenvalue weighted by Crippen LogP contribution is 2.18. The molecule has 7 heteroatoms. The van der Waals surface area contributed by atoms with E-state index in [0.29, 0.717) is 18.8 Å². The van der Waals surface area contributed by atoms with E-state index in [0.717, 1.165) is 47.7 Å². The first-order chi connectivity index (χ1) is 16.0. The van der Waals surface area contributed by atoms with Crippen LogP contribution in [0.25, 0.3) is 0 Å². The maximum atomic E-state index is 12.9. The summed E-state index contributed by atoms with van der Waals surface area (Å²) in [5, 5.41) is 5.67. The van der Waals surface area contributed by atoms with Crippen molar-refractivity contribution in [2.24, 2.45) is 0 Å². The molecule has 0 unspecified atom stereocenters. The first-order valence-electron chi connectivity index (χ1n) is 11.2. The zero-order valence-corrected chi connectivity index (χ0v) is 19.0. The van der Waals surface area contributed by atoms with Gasteiger partial charge in [0.05, 0.1) is 11.9 Å². The number of hydrogen-bond donors (Lipinski definition) is 2. The Morgan fingerprint density at radius 1 is 0.848 bits per heavy atom. The molecule has 2 aromatic carbocycles. The molecular formula is C26H29N5O2. The molecule has 7 nitrogen and oxygen atoms in total. The molecule has 1 fully saturated rings. The van der Waals surface area contributed by atoms with Crippen LogP contribution in [0.5, 0.6) is 0 Å². The van der Waals surface area contributed by atoms with E-state index >= 15 is 0 Å². The molecule has 3 amide bonds. The zero-order valence-electron chi connectivity index (χ0n) is 19.0. The summed E-state index contributed by atoms with van der Waals surface area (Å²) in [5.41, 5.74) is 4.26. The van der Waals surface area contributed by atoms with Crippen LogP contribution in [0.2, 0.25) is 0 Å². The topological polar surface area (TPSA) is 77.6 Å². The lowest BCUT2D eigenvalue weighted by Crippen LogP contribution is -2.35. The molecule has 170 valence electrons. The number of aryl methyl sites for hydroxylation is 2. The van der Waals surface area contributed by atoms with Crippen LogP contribution >= 0.6 is 0 Å². The summed E-state index contributed by atoms with van der Waals surface area (Å²) >= 11 is 0. The normalized spacial score (nSPS) is 13.9. The third kappa shape index (κ3) is 5.68. The Balaban J connectivity index is 1.33. The summed E-state index contributed by atoms with van der Waals surface area (Å²) in [6.07, 6.45) is 2.53. The number of carbonyl (C=O) groups is 2. The summed E-state index contributed by atoms with van der Waals surface area (Å²) < 4.78 is 0. The Morgan fingerprint density at radius 3 is 2.36 bits per heavy atom. The minimum atomic E-state index is -0.307. The molecule has 4 rings (SSSR count). The Morgan fingerprint density at radius 2 is 1.64 bits per heavy atom. The summed E-state index contributed by atoms with van der Waals surface area (Å²) in [4.78, 5) is 33.8. The highest BCUT2D eigenvalue weighted by molar-refractivity contribution is 6.00. The molecule has 0 aliphatic carbocycles. The van der Waals surface area contributed by atoms with Gasteiger partial charge in [0.1, 0.15) is 5.82 Å². The van der Waals surface area contributed by atoms with Gasteiger partial charge in [-0.3, -0.25) is 4.79 Å². The predicted octanol–water partition coefficient (Wildman–Crippen LogP) is 4.69. The number of anilines is 3. The number of hydrogen-bond acceptors (Lipinski definition) is 4. The molecule has 1 aliphatic heterocycles. The van der Waals surface area contributed by atoms with Crippen LogP contribution in [0.15, 0.2) is 66.9 Å². The Bertz CT molecular complexity index is 1110. The van der Waals surface area contributed by atoms with Crippen molar-refractivity contribution in [3.05, 3.63) is 83.6 Å². The van der Waals surface area contributed by atoms with E-state index in [9.17, 15) is 9.59 Å². The van der Waals surface area contributed by atoms with Crippen LogP contribution in [0.1, 0.15) is 27.9 Å². The van der Waals surface area contributed by atoms with Crippen molar-refractivity contribution < 1.29 is 9.59 Å². The van der Waals surface area contributed by atoms with Gasteiger partial charge < -0.3 is 20.4 Å². The number of nitrogens with zero attached hydrogens (tertiary/aromatic N) is 3. The SMILES string of the molecule is Cc1ccc(C(=O)N2CCCN(c3ccc(NC(=O)Nc4ccccc4C)cn3)CC2)cc1. The third-order valence-electron chi connectivity index (χ3n) is 5.80. The molecule has 2 heterocycles. The molecule has 1 aromatic heterocycles. The first kappa shape index (κ1) is 22.3. The van der Waals surface area contributed by atoms with Crippen molar-refractivity contribution in [3.63, 3.8) is 0 Å². The second kappa shape index (κ2) is 10.2. The average Bonchev–Trinajstić information content (AvgIpc) is 3.07. The lowest BCUT2D eigenvalue weighted by Gasteiger charge is -2.23. The molecule has 0 spiro atoms. The number of amides is 3. The number of pyridine rings is 1. The van der Waals surface area contributed by atoms with E-state index in [1.807, 2.05) is 79.4 Å². The monoisotopic (exact) mass is 443 g/mol. The molecule has 0 saturated carbocycles. The largest absolute Gasteiger partial charge is 0.355 e. The van der Waals surface area contributed by atoms with E-state index in [4.69, 9.17) is 0 Å². The maximum absolute atomic E-state index is 12.9. The molecule has 3 aromatic rings. The highest BCUT2D eigenvalue weighted by atomic mass is 16.2. The average molecular weight is 444 g/mol. The number of para-hydroxylation sites is 1.